The predicted octanol–water partition coefficient (Wildman–Crippen LogP) is -1.10. The third kappa shape index (κ3) is 6.50. The number of carbonyl (C=O) groups excluding carboxylic acids is 3. The Bertz CT molecular complexity index is 1240. The summed E-state index contributed by atoms with van der Waals surface area (Å²) in [4.78, 5) is 57.4. The Morgan fingerprint density at radius 2 is 1.91 bits per heavy atom. The third-order valence-corrected chi connectivity index (χ3v) is 10.1. The highest BCUT2D eigenvalue weighted by Crippen LogP contribution is 2.51. The number of fused-ring (bicyclic) bond motifs is 1. The van der Waals surface area contributed by atoms with E-state index in [4.69, 9.17) is 11.1 Å². The van der Waals surface area contributed by atoms with E-state index < -0.39 is 24.1 Å². The summed E-state index contributed by atoms with van der Waals surface area (Å²) in [5.74, 6) is -2.64. The maximum Gasteiger partial charge on any atom is 0.353 e. The minimum Gasteiger partial charge on any atom is -0.477 e. The van der Waals surface area contributed by atoms with Gasteiger partial charge in [-0.05, 0) is 23.8 Å². The molecule has 0 aromatic heterocycles. The molecule has 0 aromatic carbocycles. The van der Waals surface area contributed by atoms with Gasteiger partial charge in [-0.2, -0.15) is 0 Å². The van der Waals surface area contributed by atoms with Crippen LogP contribution in [0.1, 0.15) is 26.7 Å². The molecule has 17 nitrogen and oxygen atoms in total. The maximum absolute atomic E-state index is 13.3. The van der Waals surface area contributed by atoms with Gasteiger partial charge in [-0.1, -0.05) is 6.92 Å². The molecule has 0 bridgehead atoms. The Hall–Kier alpha value is -3.64. The molecule has 3 fully saturated rings. The molecule has 3 amide bonds. The SMILES string of the molecule is C[C@@H](NC(=O)CC1N=NN=N1)[C@H]1C(=O)N2C(C(=O)O)=C(S[C@@H]3CNC(C(=O)N4CCN(CCNC(=N)N)CC4)C3)[C@H](C)[C@H]12. The summed E-state index contributed by atoms with van der Waals surface area (Å²) in [7, 11) is 0. The molecule has 7 N–H and O–H groups in total. The lowest BCUT2D eigenvalue weighted by Gasteiger charge is -2.47. The van der Waals surface area contributed by atoms with Crippen molar-refractivity contribution in [2.24, 2.45) is 38.2 Å². The van der Waals surface area contributed by atoms with Gasteiger partial charge in [0.2, 0.25) is 17.7 Å². The fraction of sp³-hybridized carbons (Fsp3) is 0.720. The minimum atomic E-state index is -1.16. The first-order chi connectivity index (χ1) is 20.5. The average molecular weight is 619 g/mol. The molecular weight excluding hydrogens is 580 g/mol. The Labute approximate surface area is 252 Å². The molecule has 43 heavy (non-hydrogen) atoms. The number of β-lactam (4-membered cyclic amide) rings is 1. The number of hydrogen-bond donors (Lipinski definition) is 6. The van der Waals surface area contributed by atoms with Gasteiger partial charge in [0.25, 0.3) is 0 Å². The highest BCUT2D eigenvalue weighted by atomic mass is 32.2. The molecule has 0 spiro atoms. The molecule has 3 saturated heterocycles. The molecule has 5 aliphatic rings. The number of aliphatic carboxylic acids is 1. The van der Waals surface area contributed by atoms with Gasteiger partial charge >= 0.3 is 5.97 Å². The van der Waals surface area contributed by atoms with E-state index in [2.05, 4.69) is 41.5 Å². The highest BCUT2D eigenvalue weighted by Gasteiger charge is 2.60. The van der Waals surface area contributed by atoms with Crippen LogP contribution in [0.4, 0.5) is 0 Å². The molecule has 0 aromatic rings. The normalized spacial score (nSPS) is 29.5. The zero-order valence-corrected chi connectivity index (χ0v) is 24.9. The van der Waals surface area contributed by atoms with Crippen LogP contribution >= 0.6 is 11.8 Å². The molecule has 5 aliphatic heterocycles. The van der Waals surface area contributed by atoms with Crippen molar-refractivity contribution in [3.05, 3.63) is 10.6 Å². The summed E-state index contributed by atoms with van der Waals surface area (Å²) in [5, 5.41) is 40.5. The number of carboxylic acid groups (broad SMARTS) is 1. The van der Waals surface area contributed by atoms with Crippen LogP contribution in [0.5, 0.6) is 0 Å². The molecular formula is C25H38N12O5S. The standard InChI is InChI=1S/C25H38N12O5S/c1-12-19-18(13(2)30-17(38)10-16-31-33-34-32-16)23(40)37(19)20(24(41)42)21(12)43-14-9-15(29-11-14)22(39)36-7-5-35(6-8-36)4-3-28-25(26)27/h12-16,18-19,29H,3-11H2,1-2H3,(H,30,38)(H,41,42)(H4,26,27,28)/t12-,13-,14+,15?,18-,19-/m1/s1. The first-order valence-corrected chi connectivity index (χ1v) is 15.3. The Morgan fingerprint density at radius 3 is 2.56 bits per heavy atom. The molecule has 0 saturated carbocycles. The zero-order valence-electron chi connectivity index (χ0n) is 24.1. The second-order valence-corrected chi connectivity index (χ2v) is 12.8. The minimum absolute atomic E-state index is 0.000725. The van der Waals surface area contributed by atoms with Crippen LogP contribution in [0.2, 0.25) is 0 Å². The van der Waals surface area contributed by atoms with E-state index in [0.29, 0.717) is 37.5 Å². The topological polar surface area (TPSA) is 234 Å². The van der Waals surface area contributed by atoms with Gasteiger partial charge in [0.05, 0.1) is 24.4 Å². The molecule has 5 heterocycles. The van der Waals surface area contributed by atoms with Crippen LogP contribution in [-0.2, 0) is 19.2 Å². The van der Waals surface area contributed by atoms with Crippen molar-refractivity contribution in [1.82, 2.24) is 30.7 Å². The molecule has 6 atom stereocenters. The van der Waals surface area contributed by atoms with E-state index in [1.807, 2.05) is 11.8 Å². The number of nitrogens with two attached hydrogens (primary N) is 1. The average Bonchev–Trinajstić information content (AvgIpc) is 3.69. The maximum atomic E-state index is 13.3. The smallest absolute Gasteiger partial charge is 0.353 e. The van der Waals surface area contributed by atoms with Gasteiger partial charge in [-0.15, -0.1) is 22.0 Å². The summed E-state index contributed by atoms with van der Waals surface area (Å²) in [6.45, 7) is 8.24. The number of guanidine groups is 1. The van der Waals surface area contributed by atoms with Crippen molar-refractivity contribution in [3.8, 4) is 0 Å². The summed E-state index contributed by atoms with van der Waals surface area (Å²) in [6, 6.07) is -1.25. The number of nitrogens with zero attached hydrogens (tertiary/aromatic N) is 7. The number of carbonyl (C=O) groups is 4. The van der Waals surface area contributed by atoms with Gasteiger partial charge in [-0.3, -0.25) is 24.7 Å². The lowest BCUT2D eigenvalue weighted by molar-refractivity contribution is -0.158. The van der Waals surface area contributed by atoms with Crippen LogP contribution in [-0.4, -0.2) is 125 Å². The van der Waals surface area contributed by atoms with Crippen LogP contribution in [0.3, 0.4) is 0 Å². The second-order valence-electron chi connectivity index (χ2n) is 11.4. The summed E-state index contributed by atoms with van der Waals surface area (Å²) >= 11 is 1.43. The molecule has 0 aliphatic carbocycles. The number of amides is 3. The number of nitrogens with one attached hydrogen (secondary N) is 4. The quantitative estimate of drug-likeness (QED) is 0.0929. The summed E-state index contributed by atoms with van der Waals surface area (Å²) in [5.41, 5.74) is 5.33. The van der Waals surface area contributed by atoms with Gasteiger partial charge < -0.3 is 36.6 Å². The van der Waals surface area contributed by atoms with Crippen LogP contribution in [0, 0.1) is 17.2 Å². The number of hydrogen-bond acceptors (Lipinski definition) is 12. The molecule has 234 valence electrons. The summed E-state index contributed by atoms with van der Waals surface area (Å²) < 4.78 is 0. The summed E-state index contributed by atoms with van der Waals surface area (Å²) in [6.07, 6.45) is -0.152. The molecule has 18 heteroatoms. The van der Waals surface area contributed by atoms with Crippen molar-refractivity contribution in [2.45, 2.75) is 56.2 Å². The first-order valence-electron chi connectivity index (χ1n) is 14.4. The molecule has 5 rings (SSSR count). The van der Waals surface area contributed by atoms with Crippen LogP contribution < -0.4 is 21.7 Å². The fourth-order valence-electron chi connectivity index (χ4n) is 6.46. The van der Waals surface area contributed by atoms with Crippen molar-refractivity contribution in [1.29, 1.82) is 5.41 Å². The van der Waals surface area contributed by atoms with Crippen molar-refractivity contribution in [2.75, 3.05) is 45.8 Å². The predicted molar refractivity (Wildman–Crippen MR) is 154 cm³/mol. The van der Waals surface area contributed by atoms with Gasteiger partial charge in [-0.25, -0.2) is 4.79 Å². The van der Waals surface area contributed by atoms with Gasteiger partial charge in [0.15, 0.2) is 12.1 Å². The van der Waals surface area contributed by atoms with Crippen LogP contribution in [0.25, 0.3) is 0 Å². The largest absolute Gasteiger partial charge is 0.477 e. The fourth-order valence-corrected chi connectivity index (χ4v) is 7.94. The zero-order chi connectivity index (χ0) is 30.8. The van der Waals surface area contributed by atoms with Gasteiger partial charge in [0, 0.05) is 67.9 Å². The van der Waals surface area contributed by atoms with Crippen molar-refractivity contribution < 1.29 is 24.3 Å². The first kappa shape index (κ1) is 30.8. The molecule has 0 radical (unpaired) electrons. The van der Waals surface area contributed by atoms with Crippen LogP contribution in [0.15, 0.2) is 31.3 Å². The Balaban J connectivity index is 1.14. The van der Waals surface area contributed by atoms with E-state index in [1.165, 1.54) is 16.7 Å². The Morgan fingerprint density at radius 1 is 1.21 bits per heavy atom. The third-order valence-electron chi connectivity index (χ3n) is 8.61. The number of piperazine rings is 1. The van der Waals surface area contributed by atoms with E-state index in [9.17, 15) is 24.3 Å². The molecule has 1 unspecified atom stereocenters. The monoisotopic (exact) mass is 618 g/mol. The Kier molecular flexibility index (Phi) is 9.26. The number of thioether (sulfide) groups is 1. The number of rotatable bonds is 11. The van der Waals surface area contributed by atoms with Gasteiger partial charge in [0.1, 0.15) is 5.70 Å². The van der Waals surface area contributed by atoms with Crippen molar-refractivity contribution >= 4 is 41.4 Å². The lowest BCUT2D eigenvalue weighted by atomic mass is 9.78. The lowest BCUT2D eigenvalue weighted by Crippen LogP contribution is -2.66. The van der Waals surface area contributed by atoms with E-state index >= 15 is 0 Å². The highest BCUT2D eigenvalue weighted by molar-refractivity contribution is 8.03. The van der Waals surface area contributed by atoms with E-state index in [1.54, 1.807) is 6.92 Å². The van der Waals surface area contributed by atoms with E-state index in [-0.39, 0.29) is 59.1 Å². The van der Waals surface area contributed by atoms with E-state index in [0.717, 1.165) is 19.6 Å². The van der Waals surface area contributed by atoms with Crippen molar-refractivity contribution in [3.63, 3.8) is 0 Å². The second kappa shape index (κ2) is 12.9. The number of carboxylic acids is 1.